The summed E-state index contributed by atoms with van der Waals surface area (Å²) >= 11 is 0. The third-order valence-corrected chi connectivity index (χ3v) is 1.000. The maximum atomic E-state index is 8.96. The number of aliphatic hydroxyl groups is 1. The van der Waals surface area contributed by atoms with E-state index in [-0.39, 0.29) is 0 Å². The Morgan fingerprint density at radius 3 is 2.67 bits per heavy atom. The Kier molecular flexibility index (Phi) is 4.61. The van der Waals surface area contributed by atoms with E-state index in [1.54, 1.807) is 14.1 Å². The second kappa shape index (κ2) is 4.69. The van der Waals surface area contributed by atoms with Crippen molar-refractivity contribution in [1.29, 1.82) is 0 Å². The van der Waals surface area contributed by atoms with Crippen LogP contribution in [0.3, 0.4) is 0 Å². The largest absolute Gasteiger partial charge is 0.355 e. The van der Waals surface area contributed by atoms with Gasteiger partial charge in [-0.25, -0.2) is 0 Å². The standard InChI is InChI=1S/C5H14N2O2/c1-4-9-5(8)7(3)6-2/h5-6,8H,4H2,1-3H3. The zero-order chi connectivity index (χ0) is 7.28. The fourth-order valence-corrected chi connectivity index (χ4v) is 0.371. The molecule has 4 heteroatoms. The molecule has 0 radical (unpaired) electrons. The highest BCUT2D eigenvalue weighted by Crippen LogP contribution is 1.87. The molecule has 0 aliphatic heterocycles. The number of nitrogens with zero attached hydrogens (tertiary/aromatic N) is 1. The summed E-state index contributed by atoms with van der Waals surface area (Å²) in [6.45, 7) is 2.33. The number of aliphatic hydroxyl groups excluding tert-OH is 1. The van der Waals surface area contributed by atoms with E-state index >= 15 is 0 Å². The molecule has 1 unspecified atom stereocenters. The summed E-state index contributed by atoms with van der Waals surface area (Å²) in [7, 11) is 3.41. The first kappa shape index (κ1) is 8.84. The lowest BCUT2D eigenvalue weighted by Crippen LogP contribution is -2.41. The van der Waals surface area contributed by atoms with Gasteiger partial charge in [0.15, 0.2) is 0 Å². The summed E-state index contributed by atoms with van der Waals surface area (Å²) in [5.41, 5.74) is 2.71. The van der Waals surface area contributed by atoms with E-state index in [2.05, 4.69) is 5.43 Å². The molecule has 0 aromatic rings. The van der Waals surface area contributed by atoms with Crippen LogP contribution in [0.1, 0.15) is 6.92 Å². The Morgan fingerprint density at radius 1 is 1.78 bits per heavy atom. The second-order valence-electron chi connectivity index (χ2n) is 1.62. The van der Waals surface area contributed by atoms with Crippen LogP contribution in [0.25, 0.3) is 0 Å². The lowest BCUT2D eigenvalue weighted by molar-refractivity contribution is -0.196. The summed E-state index contributed by atoms with van der Waals surface area (Å²) in [6, 6.07) is 0. The van der Waals surface area contributed by atoms with Gasteiger partial charge in [0.25, 0.3) is 0 Å². The molecule has 0 bridgehead atoms. The molecule has 0 fully saturated rings. The van der Waals surface area contributed by atoms with Crippen molar-refractivity contribution in [2.24, 2.45) is 0 Å². The highest BCUT2D eigenvalue weighted by Gasteiger charge is 2.05. The summed E-state index contributed by atoms with van der Waals surface area (Å²) < 4.78 is 4.81. The van der Waals surface area contributed by atoms with Crippen LogP contribution in [-0.2, 0) is 4.74 Å². The second-order valence-corrected chi connectivity index (χ2v) is 1.62. The van der Waals surface area contributed by atoms with Crippen LogP contribution < -0.4 is 5.43 Å². The van der Waals surface area contributed by atoms with Gasteiger partial charge in [-0.1, -0.05) is 0 Å². The minimum absolute atomic E-state index is 0.507. The van der Waals surface area contributed by atoms with Crippen molar-refractivity contribution in [2.75, 3.05) is 20.7 Å². The van der Waals surface area contributed by atoms with Crippen LogP contribution >= 0.6 is 0 Å². The van der Waals surface area contributed by atoms with Crippen LogP contribution in [0.2, 0.25) is 0 Å². The van der Waals surface area contributed by atoms with Crippen LogP contribution in [0, 0.1) is 0 Å². The predicted molar refractivity (Wildman–Crippen MR) is 34.5 cm³/mol. The molecule has 56 valence electrons. The third-order valence-electron chi connectivity index (χ3n) is 1.000. The summed E-state index contributed by atoms with van der Waals surface area (Å²) in [5, 5.41) is 10.4. The molecule has 0 rings (SSSR count). The number of nitrogens with one attached hydrogen (secondary N) is 1. The topological polar surface area (TPSA) is 44.7 Å². The number of rotatable bonds is 4. The predicted octanol–water partition coefficient (Wildman–Crippen LogP) is -0.635. The van der Waals surface area contributed by atoms with E-state index in [1.165, 1.54) is 5.01 Å². The summed E-state index contributed by atoms with van der Waals surface area (Å²) in [6.07, 6.45) is -0.847. The smallest absolute Gasteiger partial charge is 0.228 e. The lowest BCUT2D eigenvalue weighted by Gasteiger charge is -2.20. The van der Waals surface area contributed by atoms with E-state index in [1.807, 2.05) is 6.92 Å². The zero-order valence-electron chi connectivity index (χ0n) is 6.09. The SMILES string of the molecule is CCOC(O)N(C)NC. The fourth-order valence-electron chi connectivity index (χ4n) is 0.371. The Balaban J connectivity index is 3.32. The van der Waals surface area contributed by atoms with Crippen molar-refractivity contribution in [2.45, 2.75) is 13.3 Å². The summed E-state index contributed by atoms with van der Waals surface area (Å²) in [4.78, 5) is 0. The van der Waals surface area contributed by atoms with Crippen molar-refractivity contribution in [3.8, 4) is 0 Å². The first-order valence-electron chi connectivity index (χ1n) is 2.92. The normalized spacial score (nSPS) is 14.3. The quantitative estimate of drug-likeness (QED) is 0.397. The van der Waals surface area contributed by atoms with Gasteiger partial charge in [0.1, 0.15) is 0 Å². The first-order valence-corrected chi connectivity index (χ1v) is 2.92. The monoisotopic (exact) mass is 134 g/mol. The average Bonchev–Trinajstić information content (AvgIpc) is 1.87. The van der Waals surface area contributed by atoms with Gasteiger partial charge in [0.05, 0.1) is 0 Å². The van der Waals surface area contributed by atoms with Crippen LogP contribution in [0.15, 0.2) is 0 Å². The van der Waals surface area contributed by atoms with Gasteiger partial charge in [0.2, 0.25) is 6.41 Å². The third kappa shape index (κ3) is 3.42. The van der Waals surface area contributed by atoms with Gasteiger partial charge < -0.3 is 9.84 Å². The maximum absolute atomic E-state index is 8.96. The molecule has 0 aromatic heterocycles. The van der Waals surface area contributed by atoms with E-state index in [4.69, 9.17) is 9.84 Å². The fraction of sp³-hybridized carbons (Fsp3) is 1.00. The lowest BCUT2D eigenvalue weighted by atomic mass is 10.8. The minimum Gasteiger partial charge on any atom is -0.355 e. The molecule has 0 heterocycles. The minimum atomic E-state index is -0.847. The Bertz CT molecular complexity index is 70.0. The van der Waals surface area contributed by atoms with Gasteiger partial charge in [-0.3, -0.25) is 5.43 Å². The first-order chi connectivity index (χ1) is 4.22. The molecule has 0 aliphatic carbocycles. The Hall–Kier alpha value is -0.160. The molecule has 0 amide bonds. The molecule has 0 spiro atoms. The van der Waals surface area contributed by atoms with Gasteiger partial charge >= 0.3 is 0 Å². The van der Waals surface area contributed by atoms with E-state index in [0.717, 1.165) is 0 Å². The van der Waals surface area contributed by atoms with Gasteiger partial charge in [-0.2, -0.15) is 5.01 Å². The number of ether oxygens (including phenoxy) is 1. The summed E-state index contributed by atoms with van der Waals surface area (Å²) in [5.74, 6) is 0. The average molecular weight is 134 g/mol. The molecular formula is C5H14N2O2. The molecular weight excluding hydrogens is 120 g/mol. The zero-order valence-corrected chi connectivity index (χ0v) is 6.09. The molecule has 9 heavy (non-hydrogen) atoms. The van der Waals surface area contributed by atoms with Gasteiger partial charge in [-0.15, -0.1) is 0 Å². The number of hydrogen-bond donors (Lipinski definition) is 2. The number of hydrogen-bond acceptors (Lipinski definition) is 4. The number of hydrazine groups is 1. The molecule has 1 atom stereocenters. The van der Waals surface area contributed by atoms with E-state index < -0.39 is 6.41 Å². The van der Waals surface area contributed by atoms with Gasteiger partial charge in [-0.05, 0) is 14.0 Å². The van der Waals surface area contributed by atoms with Crippen molar-refractivity contribution < 1.29 is 9.84 Å². The van der Waals surface area contributed by atoms with Crippen LogP contribution in [0.5, 0.6) is 0 Å². The highest BCUT2D eigenvalue weighted by atomic mass is 16.6. The van der Waals surface area contributed by atoms with Gasteiger partial charge in [0, 0.05) is 13.7 Å². The van der Waals surface area contributed by atoms with Crippen LogP contribution in [-0.4, -0.2) is 37.2 Å². The Labute approximate surface area is 55.4 Å². The maximum Gasteiger partial charge on any atom is 0.228 e. The molecule has 0 aromatic carbocycles. The van der Waals surface area contributed by atoms with E-state index in [9.17, 15) is 0 Å². The molecule has 2 N–H and O–H groups in total. The van der Waals surface area contributed by atoms with E-state index in [0.29, 0.717) is 6.61 Å². The van der Waals surface area contributed by atoms with Crippen molar-refractivity contribution in [1.82, 2.24) is 10.4 Å². The molecule has 0 saturated carbocycles. The van der Waals surface area contributed by atoms with Crippen molar-refractivity contribution in [3.63, 3.8) is 0 Å². The highest BCUT2D eigenvalue weighted by molar-refractivity contribution is 4.32. The molecule has 0 aliphatic rings. The Morgan fingerprint density at radius 2 is 2.33 bits per heavy atom. The van der Waals surface area contributed by atoms with Crippen molar-refractivity contribution in [3.05, 3.63) is 0 Å². The van der Waals surface area contributed by atoms with Crippen LogP contribution in [0.4, 0.5) is 0 Å². The molecule has 0 saturated heterocycles. The molecule has 4 nitrogen and oxygen atoms in total. The van der Waals surface area contributed by atoms with Crippen molar-refractivity contribution >= 4 is 0 Å².